The third-order valence-corrected chi connectivity index (χ3v) is 4.74. The molecule has 0 aliphatic carbocycles. The smallest absolute Gasteiger partial charge is 0.229 e. The quantitative estimate of drug-likeness (QED) is 0.350. The van der Waals surface area contributed by atoms with Gasteiger partial charge in [0.05, 0.1) is 6.61 Å². The lowest BCUT2D eigenvalue weighted by atomic mass is 10.1. The van der Waals surface area contributed by atoms with Gasteiger partial charge in [0.25, 0.3) is 0 Å². The number of aliphatic hydroxyl groups excluding tert-OH is 3. The fraction of sp³-hybridized carbons (Fsp3) is 0.250. The predicted molar refractivity (Wildman–Crippen MR) is 101 cm³/mol. The molecule has 1 aliphatic rings. The summed E-state index contributed by atoms with van der Waals surface area (Å²) in [5, 5.41) is 58.8. The van der Waals surface area contributed by atoms with E-state index in [2.05, 4.69) is 0 Å². The molecule has 10 nitrogen and oxygen atoms in total. The van der Waals surface area contributed by atoms with Crippen LogP contribution in [0.2, 0.25) is 0 Å². The van der Waals surface area contributed by atoms with Gasteiger partial charge < -0.3 is 44.5 Å². The van der Waals surface area contributed by atoms with Gasteiger partial charge in [0.2, 0.25) is 6.29 Å². The maximum atomic E-state index is 12.4. The number of aliphatic hydroxyl groups is 3. The lowest BCUT2D eigenvalue weighted by Crippen LogP contribution is -2.54. The van der Waals surface area contributed by atoms with Crippen LogP contribution in [-0.4, -0.2) is 61.8 Å². The molecule has 1 saturated heterocycles. The Hall–Kier alpha value is -3.31. The second kappa shape index (κ2) is 7.50. The molecular weight excluding hydrogens is 400 g/mol. The van der Waals surface area contributed by atoms with Gasteiger partial charge in [0, 0.05) is 23.8 Å². The summed E-state index contributed by atoms with van der Waals surface area (Å²) in [6, 6.07) is 7.33. The van der Waals surface area contributed by atoms with Crippen LogP contribution in [-0.2, 0) is 4.74 Å². The number of phenols is 3. The van der Waals surface area contributed by atoms with Crippen molar-refractivity contribution < 1.29 is 44.5 Å². The first kappa shape index (κ1) is 20.0. The van der Waals surface area contributed by atoms with Gasteiger partial charge in [-0.1, -0.05) is 0 Å². The van der Waals surface area contributed by atoms with Crippen molar-refractivity contribution in [3.63, 3.8) is 0 Å². The molecule has 10 heteroatoms. The summed E-state index contributed by atoms with van der Waals surface area (Å²) < 4.78 is 16.2. The lowest BCUT2D eigenvalue weighted by Gasteiger charge is -2.35. The van der Waals surface area contributed by atoms with E-state index < -0.39 is 35.8 Å². The molecule has 0 unspecified atom stereocenters. The van der Waals surface area contributed by atoms with Crippen LogP contribution in [0.5, 0.6) is 23.0 Å². The average Bonchev–Trinajstić information content (AvgIpc) is 2.69. The number of phenolic OH excluding ortho intramolecular Hbond substituents is 3. The van der Waals surface area contributed by atoms with Crippen LogP contribution in [0, 0.1) is 0 Å². The minimum absolute atomic E-state index is 0.0475. The maximum absolute atomic E-state index is 12.4. The Morgan fingerprint density at radius 3 is 2.47 bits per heavy atom. The fourth-order valence-corrected chi connectivity index (χ4v) is 3.17. The summed E-state index contributed by atoms with van der Waals surface area (Å²) in [7, 11) is 0. The Bertz CT molecular complexity index is 1150. The highest BCUT2D eigenvalue weighted by molar-refractivity contribution is 5.86. The molecule has 3 aromatic rings. The third kappa shape index (κ3) is 3.53. The van der Waals surface area contributed by atoms with Gasteiger partial charge in [0.15, 0.2) is 16.9 Å². The molecule has 6 N–H and O–H groups in total. The zero-order valence-electron chi connectivity index (χ0n) is 15.3. The topological polar surface area (TPSA) is 170 Å². The van der Waals surface area contributed by atoms with Crippen LogP contribution in [0.1, 0.15) is 0 Å². The average molecular weight is 418 g/mol. The van der Waals surface area contributed by atoms with E-state index in [-0.39, 0.29) is 40.6 Å². The van der Waals surface area contributed by atoms with E-state index in [1.165, 1.54) is 24.3 Å². The predicted octanol–water partition coefficient (Wildman–Crippen LogP) is 0.395. The van der Waals surface area contributed by atoms with E-state index in [0.717, 1.165) is 12.1 Å². The van der Waals surface area contributed by atoms with E-state index in [0.29, 0.717) is 5.56 Å². The highest BCUT2D eigenvalue weighted by Crippen LogP contribution is 2.35. The summed E-state index contributed by atoms with van der Waals surface area (Å²) in [4.78, 5) is 12.4. The first-order valence-corrected chi connectivity index (χ1v) is 8.90. The standard InChI is InChI=1S/C20H18O10/c21-9-4-11(23)17-12(24)6-14(29-16(17)5-9)8-1-2-10(22)15(3-8)30-20-19(27)18(26)13(25)7-28-20/h1-6,13,18-23,25-27H,7H2/t13-,18+,19+,20-/m0/s1. The number of ether oxygens (including phenoxy) is 2. The van der Waals surface area contributed by atoms with E-state index in [1.807, 2.05) is 0 Å². The van der Waals surface area contributed by atoms with Crippen molar-refractivity contribution in [2.45, 2.75) is 24.6 Å². The Morgan fingerprint density at radius 1 is 0.933 bits per heavy atom. The van der Waals surface area contributed by atoms with Crippen LogP contribution in [0.15, 0.2) is 45.6 Å². The number of fused-ring (bicyclic) bond motifs is 1. The molecule has 1 aromatic heterocycles. The van der Waals surface area contributed by atoms with Crippen molar-refractivity contribution >= 4 is 11.0 Å². The van der Waals surface area contributed by atoms with Crippen LogP contribution in [0.25, 0.3) is 22.3 Å². The Balaban J connectivity index is 1.71. The lowest BCUT2D eigenvalue weighted by molar-refractivity contribution is -0.242. The summed E-state index contributed by atoms with van der Waals surface area (Å²) in [6.45, 7) is -0.282. The Morgan fingerprint density at radius 2 is 1.70 bits per heavy atom. The van der Waals surface area contributed by atoms with E-state index in [4.69, 9.17) is 13.9 Å². The van der Waals surface area contributed by atoms with Gasteiger partial charge >= 0.3 is 0 Å². The third-order valence-electron chi connectivity index (χ3n) is 4.74. The minimum Gasteiger partial charge on any atom is -0.508 e. The molecule has 0 bridgehead atoms. The van der Waals surface area contributed by atoms with Gasteiger partial charge in [0.1, 0.15) is 46.5 Å². The number of hydrogen-bond acceptors (Lipinski definition) is 10. The van der Waals surface area contributed by atoms with Crippen LogP contribution in [0.3, 0.4) is 0 Å². The molecule has 4 rings (SSSR count). The molecule has 2 aromatic carbocycles. The molecule has 2 heterocycles. The Kier molecular flexibility index (Phi) is 5.00. The SMILES string of the molecule is O=c1cc(-c2ccc(O)c(O[C@@H]3OC[C@H](O)[C@@H](O)[C@H]3O)c2)oc2cc(O)cc(O)c12. The Labute approximate surface area is 168 Å². The normalized spacial score (nSPS) is 24.1. The molecule has 1 fully saturated rings. The van der Waals surface area contributed by atoms with Crippen LogP contribution < -0.4 is 10.2 Å². The number of hydrogen-bond donors (Lipinski definition) is 6. The van der Waals surface area contributed by atoms with Crippen molar-refractivity contribution in [1.29, 1.82) is 0 Å². The summed E-state index contributed by atoms with van der Waals surface area (Å²) in [5.74, 6) is -1.11. The number of benzene rings is 2. The molecule has 0 amide bonds. The van der Waals surface area contributed by atoms with E-state index in [1.54, 1.807) is 0 Å². The fourth-order valence-electron chi connectivity index (χ4n) is 3.17. The van der Waals surface area contributed by atoms with Gasteiger partial charge in [-0.15, -0.1) is 0 Å². The highest BCUT2D eigenvalue weighted by atomic mass is 16.7. The monoisotopic (exact) mass is 418 g/mol. The zero-order chi connectivity index (χ0) is 21.6. The zero-order valence-corrected chi connectivity index (χ0v) is 15.3. The summed E-state index contributed by atoms with van der Waals surface area (Å²) in [6.07, 6.45) is -5.70. The van der Waals surface area contributed by atoms with Gasteiger partial charge in [-0.2, -0.15) is 0 Å². The van der Waals surface area contributed by atoms with E-state index >= 15 is 0 Å². The number of aromatic hydroxyl groups is 3. The molecule has 158 valence electrons. The van der Waals surface area contributed by atoms with Crippen molar-refractivity contribution in [2.75, 3.05) is 6.61 Å². The second-order valence-electron chi connectivity index (χ2n) is 6.86. The molecule has 1 aliphatic heterocycles. The first-order valence-electron chi connectivity index (χ1n) is 8.90. The number of rotatable bonds is 3. The molecule has 0 radical (unpaired) electrons. The molecule has 30 heavy (non-hydrogen) atoms. The van der Waals surface area contributed by atoms with Crippen LogP contribution >= 0.6 is 0 Å². The van der Waals surface area contributed by atoms with Gasteiger partial charge in [-0.05, 0) is 18.2 Å². The highest BCUT2D eigenvalue weighted by Gasteiger charge is 2.39. The van der Waals surface area contributed by atoms with Gasteiger partial charge in [-0.3, -0.25) is 4.79 Å². The summed E-state index contributed by atoms with van der Waals surface area (Å²) in [5.41, 5.74) is -0.299. The minimum atomic E-state index is -1.57. The molecule has 4 atom stereocenters. The van der Waals surface area contributed by atoms with E-state index in [9.17, 15) is 35.4 Å². The van der Waals surface area contributed by atoms with Crippen molar-refractivity contribution in [3.8, 4) is 34.3 Å². The summed E-state index contributed by atoms with van der Waals surface area (Å²) >= 11 is 0. The van der Waals surface area contributed by atoms with Crippen molar-refractivity contribution in [3.05, 3.63) is 46.6 Å². The van der Waals surface area contributed by atoms with Crippen molar-refractivity contribution in [1.82, 2.24) is 0 Å². The first-order chi connectivity index (χ1) is 14.2. The molecule has 0 spiro atoms. The van der Waals surface area contributed by atoms with Gasteiger partial charge in [-0.25, -0.2) is 0 Å². The molecule has 0 saturated carbocycles. The maximum Gasteiger partial charge on any atom is 0.229 e. The second-order valence-corrected chi connectivity index (χ2v) is 6.86. The largest absolute Gasteiger partial charge is 0.508 e. The molecular formula is C20H18O10. The van der Waals surface area contributed by atoms with Crippen LogP contribution in [0.4, 0.5) is 0 Å². The van der Waals surface area contributed by atoms with Crippen molar-refractivity contribution in [2.24, 2.45) is 0 Å².